The molecule has 9 heterocycles. The Morgan fingerprint density at radius 1 is 0.709 bits per heavy atom. The highest BCUT2D eigenvalue weighted by Crippen LogP contribution is 2.62. The quantitative estimate of drug-likeness (QED) is 0.244. The molecule has 0 aromatic carbocycles. The average molecular weight is 778 g/mol. The number of carbonyl (C=O) groups excluding carboxylic acids is 4. The van der Waals surface area contributed by atoms with Crippen LogP contribution in [0.1, 0.15) is 80.1 Å². The lowest BCUT2D eigenvalue weighted by Crippen LogP contribution is -2.71. The zero-order chi connectivity index (χ0) is 38.7. The summed E-state index contributed by atoms with van der Waals surface area (Å²) in [6, 6.07) is 0. The summed E-state index contributed by atoms with van der Waals surface area (Å²) in [5.41, 5.74) is -1.90. The summed E-state index contributed by atoms with van der Waals surface area (Å²) >= 11 is 0. The van der Waals surface area contributed by atoms with E-state index in [9.17, 15) is 19.2 Å². The fourth-order valence-corrected chi connectivity index (χ4v) is 11.6. The first-order chi connectivity index (χ1) is 26.2. The molecule has 11 rings (SSSR count). The van der Waals surface area contributed by atoms with Crippen molar-refractivity contribution in [3.05, 3.63) is 0 Å². The van der Waals surface area contributed by atoms with Crippen molar-refractivity contribution in [2.45, 2.75) is 128 Å². The second kappa shape index (κ2) is 13.4. The number of esters is 2. The number of fused-ring (bicyclic) bond motifs is 4. The third-order valence-electron chi connectivity index (χ3n) is 15.0. The van der Waals surface area contributed by atoms with Crippen LogP contribution in [0.4, 0.5) is 9.59 Å². The number of nitrogens with one attached hydrogen (secondary N) is 1. The van der Waals surface area contributed by atoms with Crippen molar-refractivity contribution in [1.29, 1.82) is 0 Å². The summed E-state index contributed by atoms with van der Waals surface area (Å²) < 4.78 is 36.1. The van der Waals surface area contributed by atoms with Gasteiger partial charge in [0.15, 0.2) is 11.2 Å². The van der Waals surface area contributed by atoms with Crippen molar-refractivity contribution >= 4 is 24.1 Å². The first kappa shape index (κ1) is 37.8. The van der Waals surface area contributed by atoms with Crippen LogP contribution in [0.3, 0.4) is 0 Å². The van der Waals surface area contributed by atoms with Gasteiger partial charge in [0.05, 0.1) is 11.8 Å². The Bertz CT molecular complexity index is 1580. The second-order valence-electron chi connectivity index (χ2n) is 18.0. The van der Waals surface area contributed by atoms with Crippen LogP contribution >= 0.6 is 0 Å². The predicted molar refractivity (Wildman–Crippen MR) is 183 cm³/mol. The average Bonchev–Trinajstić information content (AvgIpc) is 3.52. The lowest BCUT2D eigenvalue weighted by Gasteiger charge is -2.59. The highest BCUT2D eigenvalue weighted by Gasteiger charge is 2.73. The second-order valence-corrected chi connectivity index (χ2v) is 18.0. The van der Waals surface area contributed by atoms with Gasteiger partial charge in [0.1, 0.15) is 12.2 Å². The van der Waals surface area contributed by atoms with Gasteiger partial charge in [-0.2, -0.15) is 0 Å². The molecule has 11 fully saturated rings. The van der Waals surface area contributed by atoms with Gasteiger partial charge in [-0.15, -0.1) is 0 Å². The van der Waals surface area contributed by atoms with Gasteiger partial charge < -0.3 is 38.6 Å². The molecule has 0 aromatic heterocycles. The lowest BCUT2D eigenvalue weighted by molar-refractivity contribution is -0.560. The molecule has 17 nitrogen and oxygen atoms in total. The molecule has 0 unspecified atom stereocenters. The number of hydrogen-bond acceptors (Lipinski definition) is 15. The van der Waals surface area contributed by atoms with E-state index in [-0.39, 0.29) is 53.5 Å². The molecular formula is C38H55N3O14. The molecule has 17 heteroatoms. The topological polar surface area (TPSA) is 179 Å². The van der Waals surface area contributed by atoms with Crippen LogP contribution in [0.5, 0.6) is 0 Å². The Labute approximate surface area is 320 Å². The summed E-state index contributed by atoms with van der Waals surface area (Å²) in [6.45, 7) is 14.5. The summed E-state index contributed by atoms with van der Waals surface area (Å²) in [6.07, 6.45) is -0.0448. The number of hydrogen-bond donors (Lipinski definition) is 1. The summed E-state index contributed by atoms with van der Waals surface area (Å²) in [5, 5.41) is 2.91. The Kier molecular flexibility index (Phi) is 9.19. The zero-order valence-corrected chi connectivity index (χ0v) is 32.5. The van der Waals surface area contributed by atoms with E-state index in [4.69, 9.17) is 48.0 Å². The third-order valence-corrected chi connectivity index (χ3v) is 15.0. The van der Waals surface area contributed by atoms with Gasteiger partial charge in [-0.05, 0) is 51.4 Å². The van der Waals surface area contributed by atoms with E-state index in [0.29, 0.717) is 71.4 Å². The van der Waals surface area contributed by atoms with Gasteiger partial charge in [-0.3, -0.25) is 14.5 Å². The SMILES string of the molecule is C[C@@H]1[C@@H](OC(=O)NCCN2CCN(C(=O)O[C@H]3C[C@H]4[C@@H](C)C(=O)O[C@@H]5O[C@]6(C)CC[C@@H]([C@@H]3C)[C@]54OO6)CC2)C[C@H]2[C@@H](C)C(=O)O[C@@H]3O[C@]4(C)CC[C@@H]1[C@]32OO4. The summed E-state index contributed by atoms with van der Waals surface area (Å²) in [5.74, 6) is -4.65. The summed E-state index contributed by atoms with van der Waals surface area (Å²) in [7, 11) is 0. The molecule has 55 heavy (non-hydrogen) atoms. The van der Waals surface area contributed by atoms with Gasteiger partial charge in [0.25, 0.3) is 0 Å². The van der Waals surface area contributed by atoms with Gasteiger partial charge in [0, 0.05) is 75.8 Å². The first-order valence-corrected chi connectivity index (χ1v) is 20.3. The monoisotopic (exact) mass is 777 g/mol. The fourth-order valence-electron chi connectivity index (χ4n) is 11.6. The minimum Gasteiger partial charge on any atom is -0.446 e. The van der Waals surface area contributed by atoms with Crippen LogP contribution in [-0.2, 0) is 57.6 Å². The van der Waals surface area contributed by atoms with Crippen molar-refractivity contribution in [3.63, 3.8) is 0 Å². The Morgan fingerprint density at radius 2 is 1.20 bits per heavy atom. The molecule has 0 radical (unpaired) electrons. The molecule has 2 saturated carbocycles. The van der Waals surface area contributed by atoms with Crippen molar-refractivity contribution in [1.82, 2.24) is 15.1 Å². The number of alkyl carbamates (subject to hydrolysis) is 1. The first-order valence-electron chi connectivity index (χ1n) is 20.3. The number of rotatable bonds is 5. The van der Waals surface area contributed by atoms with Gasteiger partial charge >= 0.3 is 24.1 Å². The smallest absolute Gasteiger partial charge is 0.410 e. The molecule has 9 saturated heterocycles. The number of piperazine rings is 1. The van der Waals surface area contributed by atoms with Crippen molar-refractivity contribution in [3.8, 4) is 0 Å². The van der Waals surface area contributed by atoms with E-state index in [0.717, 1.165) is 6.42 Å². The number of ether oxygens (including phenoxy) is 6. The lowest BCUT2D eigenvalue weighted by atomic mass is 9.57. The summed E-state index contributed by atoms with van der Waals surface area (Å²) in [4.78, 5) is 80.2. The minimum atomic E-state index is -1.01. The molecule has 16 atom stereocenters. The van der Waals surface area contributed by atoms with E-state index in [2.05, 4.69) is 17.1 Å². The van der Waals surface area contributed by atoms with Crippen LogP contribution < -0.4 is 5.32 Å². The Balaban J connectivity index is 0.759. The standard InChI is InChI=1S/C38H55N3O14/c1-19-23-7-9-35(5)50-31-37(23,54-52-35)25(21(3)29(42)48-31)17-27(19)46-33(44)39-11-12-40-13-15-41(16-14-40)34(45)47-28-18-26-22(4)30(43)49-32-38(26)24(20(28)2)8-10-36(6,51-32)53-55-38/h19-28,31-32H,7-18H2,1-6H3,(H,39,44)/t19-,20-,21+,22+,23-,24-,25-,26-,27-,28-,31+,32+,35-,36-,37+,38+/m0/s1. The Morgan fingerprint density at radius 3 is 1.71 bits per heavy atom. The number of carbonyl (C=O) groups is 4. The van der Waals surface area contributed by atoms with Gasteiger partial charge in [-0.1, -0.05) is 27.7 Å². The highest BCUT2D eigenvalue weighted by atomic mass is 17.3. The normalized spacial score (nSPS) is 50.0. The van der Waals surface area contributed by atoms with E-state index in [1.54, 1.807) is 18.7 Å². The molecule has 1 N–H and O–H groups in total. The minimum absolute atomic E-state index is 0.0780. The maximum atomic E-state index is 13.6. The van der Waals surface area contributed by atoms with E-state index < -0.39 is 65.5 Å². The largest absolute Gasteiger partial charge is 0.446 e. The van der Waals surface area contributed by atoms with E-state index in [1.165, 1.54) is 0 Å². The molecular weight excluding hydrogens is 722 g/mol. The van der Waals surface area contributed by atoms with Crippen LogP contribution in [-0.4, -0.2) is 121 Å². The van der Waals surface area contributed by atoms with Crippen molar-refractivity contribution < 1.29 is 67.1 Å². The van der Waals surface area contributed by atoms with Crippen LogP contribution in [0, 0.1) is 47.3 Å². The molecule has 2 spiro atoms. The number of amides is 2. The zero-order valence-electron chi connectivity index (χ0n) is 32.5. The maximum absolute atomic E-state index is 13.6. The van der Waals surface area contributed by atoms with E-state index in [1.807, 2.05) is 20.8 Å². The molecule has 2 amide bonds. The van der Waals surface area contributed by atoms with Crippen LogP contribution in [0.15, 0.2) is 0 Å². The molecule has 9 aliphatic heterocycles. The molecule has 0 aromatic rings. The van der Waals surface area contributed by atoms with E-state index >= 15 is 0 Å². The molecule has 11 aliphatic rings. The third kappa shape index (κ3) is 5.88. The van der Waals surface area contributed by atoms with Crippen molar-refractivity contribution in [2.75, 3.05) is 39.3 Å². The molecule has 2 aliphatic carbocycles. The predicted octanol–water partition coefficient (Wildman–Crippen LogP) is 3.24. The molecule has 4 bridgehead atoms. The Hall–Kier alpha value is -2.80. The van der Waals surface area contributed by atoms with Crippen molar-refractivity contribution in [2.24, 2.45) is 47.3 Å². The van der Waals surface area contributed by atoms with Gasteiger partial charge in [-0.25, -0.2) is 29.1 Å². The fraction of sp³-hybridized carbons (Fsp3) is 0.895. The van der Waals surface area contributed by atoms with Gasteiger partial charge in [0.2, 0.25) is 24.2 Å². The number of nitrogens with zero attached hydrogens (tertiary/aromatic N) is 2. The van der Waals surface area contributed by atoms with Crippen LogP contribution in [0.2, 0.25) is 0 Å². The maximum Gasteiger partial charge on any atom is 0.410 e. The molecule has 306 valence electrons. The highest BCUT2D eigenvalue weighted by molar-refractivity contribution is 5.75. The van der Waals surface area contributed by atoms with Crippen LogP contribution in [0.25, 0.3) is 0 Å².